The van der Waals surface area contributed by atoms with Crippen molar-refractivity contribution in [1.29, 1.82) is 0 Å². The molecule has 0 saturated heterocycles. The standard InChI is InChI=1S/C26H21F4NO2.CH2O2/c27-23-10-14-5-6-32-25(18-3-1-2-4-22(18)26(28,29)30)20(14)9-17(23)13-33-24-11-16-7-15-8-19(15)21(16)12-31-24;2-1-3/h1-4,9-12,15,19,25H,5-8,13H2;1H,(H,2,3). The van der Waals surface area contributed by atoms with E-state index in [2.05, 4.69) is 4.98 Å². The fourth-order valence-electron chi connectivity index (χ4n) is 5.23. The van der Waals surface area contributed by atoms with Gasteiger partial charge in [0, 0.05) is 17.8 Å². The van der Waals surface area contributed by atoms with E-state index in [0.29, 0.717) is 29.3 Å². The average Bonchev–Trinajstić information content (AvgIpc) is 3.53. The number of aromatic nitrogens is 1. The third-order valence-corrected chi connectivity index (χ3v) is 6.97. The van der Waals surface area contributed by atoms with Gasteiger partial charge in [-0.05, 0) is 77.1 Å². The Hall–Kier alpha value is -3.46. The predicted molar refractivity (Wildman–Crippen MR) is 121 cm³/mol. The van der Waals surface area contributed by atoms with E-state index < -0.39 is 23.7 Å². The molecule has 0 spiro atoms. The molecule has 1 aliphatic heterocycles. The van der Waals surface area contributed by atoms with Crippen molar-refractivity contribution in [2.45, 2.75) is 44.1 Å². The molecular weight excluding hydrogens is 478 g/mol. The minimum atomic E-state index is -4.51. The topological polar surface area (TPSA) is 68.7 Å². The molecule has 9 heteroatoms. The summed E-state index contributed by atoms with van der Waals surface area (Å²) in [6, 6.07) is 10.3. The quantitative estimate of drug-likeness (QED) is 0.359. The lowest BCUT2D eigenvalue weighted by molar-refractivity contribution is -0.139. The van der Waals surface area contributed by atoms with Crippen LogP contribution in [0.25, 0.3) is 0 Å². The number of ether oxygens (including phenoxy) is 2. The maximum Gasteiger partial charge on any atom is 0.416 e. The lowest BCUT2D eigenvalue weighted by Crippen LogP contribution is -2.21. The highest BCUT2D eigenvalue weighted by Gasteiger charge is 2.45. The number of pyridine rings is 1. The smallest absolute Gasteiger partial charge is 0.416 e. The molecule has 0 amide bonds. The van der Waals surface area contributed by atoms with Crippen LogP contribution in [-0.4, -0.2) is 23.2 Å². The molecule has 1 aromatic heterocycles. The first-order valence-electron chi connectivity index (χ1n) is 11.6. The van der Waals surface area contributed by atoms with Crippen molar-refractivity contribution in [3.63, 3.8) is 0 Å². The zero-order valence-corrected chi connectivity index (χ0v) is 19.1. The summed E-state index contributed by atoms with van der Waals surface area (Å²) in [5.74, 6) is 1.35. The van der Waals surface area contributed by atoms with Gasteiger partial charge >= 0.3 is 6.18 Å². The van der Waals surface area contributed by atoms with Crippen LogP contribution in [0.2, 0.25) is 0 Å². The molecular formula is C27H23F4NO4. The van der Waals surface area contributed by atoms with Crippen LogP contribution in [0.3, 0.4) is 0 Å². The molecule has 2 heterocycles. The molecule has 1 fully saturated rings. The van der Waals surface area contributed by atoms with Gasteiger partial charge < -0.3 is 14.6 Å². The van der Waals surface area contributed by atoms with Crippen LogP contribution >= 0.6 is 0 Å². The molecule has 3 unspecified atom stereocenters. The van der Waals surface area contributed by atoms with Gasteiger partial charge in [-0.1, -0.05) is 18.2 Å². The number of hydrogen-bond donors (Lipinski definition) is 1. The molecule has 0 bridgehead atoms. The molecule has 6 rings (SSSR count). The van der Waals surface area contributed by atoms with Crippen LogP contribution in [0.15, 0.2) is 48.7 Å². The van der Waals surface area contributed by atoms with Gasteiger partial charge in [-0.25, -0.2) is 9.37 Å². The van der Waals surface area contributed by atoms with E-state index in [4.69, 9.17) is 19.4 Å². The Kier molecular flexibility index (Phi) is 6.42. The number of benzene rings is 2. The van der Waals surface area contributed by atoms with Crippen LogP contribution in [0.5, 0.6) is 5.88 Å². The van der Waals surface area contributed by atoms with Gasteiger partial charge in [0.15, 0.2) is 0 Å². The van der Waals surface area contributed by atoms with Crippen molar-refractivity contribution >= 4 is 6.47 Å². The maximum atomic E-state index is 14.8. The second-order valence-electron chi connectivity index (χ2n) is 9.15. The molecule has 0 radical (unpaired) electrons. The lowest BCUT2D eigenvalue weighted by atomic mass is 9.89. The van der Waals surface area contributed by atoms with Crippen molar-refractivity contribution in [3.8, 4) is 5.88 Å². The zero-order valence-electron chi connectivity index (χ0n) is 19.1. The second kappa shape index (κ2) is 9.54. The Morgan fingerprint density at radius 3 is 2.67 bits per heavy atom. The summed E-state index contributed by atoms with van der Waals surface area (Å²) in [7, 11) is 0. The van der Waals surface area contributed by atoms with Crippen LogP contribution in [0, 0.1) is 11.7 Å². The Balaban J connectivity index is 0.000000848. The van der Waals surface area contributed by atoms with Crippen molar-refractivity contribution in [2.24, 2.45) is 5.92 Å². The van der Waals surface area contributed by atoms with E-state index in [9.17, 15) is 17.6 Å². The van der Waals surface area contributed by atoms with Gasteiger partial charge in [0.25, 0.3) is 6.47 Å². The fourth-order valence-corrected chi connectivity index (χ4v) is 5.23. The van der Waals surface area contributed by atoms with E-state index in [1.807, 2.05) is 12.3 Å². The van der Waals surface area contributed by atoms with E-state index in [1.54, 1.807) is 12.1 Å². The highest BCUT2D eigenvalue weighted by molar-refractivity contribution is 5.45. The van der Waals surface area contributed by atoms with Crippen molar-refractivity contribution in [2.75, 3.05) is 6.61 Å². The van der Waals surface area contributed by atoms with Crippen molar-refractivity contribution < 1.29 is 36.9 Å². The highest BCUT2D eigenvalue weighted by Crippen LogP contribution is 2.56. The summed E-state index contributed by atoms with van der Waals surface area (Å²) in [6.07, 6.45) is -0.880. The monoisotopic (exact) mass is 501 g/mol. The van der Waals surface area contributed by atoms with Crippen molar-refractivity contribution in [1.82, 2.24) is 4.98 Å². The highest BCUT2D eigenvalue weighted by atomic mass is 19.4. The average molecular weight is 501 g/mol. The lowest BCUT2D eigenvalue weighted by Gasteiger charge is -2.29. The van der Waals surface area contributed by atoms with Gasteiger partial charge in [0.1, 0.15) is 18.5 Å². The predicted octanol–water partition coefficient (Wildman–Crippen LogP) is 5.84. The number of alkyl halides is 3. The first-order valence-corrected chi connectivity index (χ1v) is 11.6. The van der Waals surface area contributed by atoms with Gasteiger partial charge in [-0.15, -0.1) is 0 Å². The molecule has 1 saturated carbocycles. The third-order valence-electron chi connectivity index (χ3n) is 6.97. The van der Waals surface area contributed by atoms with E-state index in [0.717, 1.165) is 18.4 Å². The summed E-state index contributed by atoms with van der Waals surface area (Å²) in [5, 5.41) is 6.89. The molecule has 3 aromatic rings. The summed E-state index contributed by atoms with van der Waals surface area (Å²) in [4.78, 5) is 12.7. The van der Waals surface area contributed by atoms with E-state index >= 15 is 0 Å². The van der Waals surface area contributed by atoms with Crippen molar-refractivity contribution in [3.05, 3.63) is 93.4 Å². The number of rotatable bonds is 4. The number of nitrogens with zero attached hydrogens (tertiary/aromatic N) is 1. The summed E-state index contributed by atoms with van der Waals surface area (Å²) in [5.41, 5.74) is 3.27. The molecule has 3 atom stereocenters. The van der Waals surface area contributed by atoms with Gasteiger partial charge in [-0.2, -0.15) is 13.2 Å². The Labute approximate surface area is 204 Å². The SMILES string of the molecule is Fc1cc2c(cc1COc1cc3c(cn1)C1CC1C3)C(c1ccccc1C(F)(F)F)OCC2.O=CO. The first-order chi connectivity index (χ1) is 17.3. The summed E-state index contributed by atoms with van der Waals surface area (Å²) < 4.78 is 67.2. The number of halogens is 4. The molecule has 2 aromatic carbocycles. The normalized spacial score (nSPS) is 21.4. The van der Waals surface area contributed by atoms with Crippen LogP contribution in [-0.2, 0) is 35.2 Å². The van der Waals surface area contributed by atoms with Crippen LogP contribution in [0.4, 0.5) is 17.6 Å². The minimum absolute atomic E-state index is 0.0308. The number of carbonyl (C=O) groups is 1. The largest absolute Gasteiger partial charge is 0.483 e. The first kappa shape index (κ1) is 24.2. The zero-order chi connectivity index (χ0) is 25.4. The van der Waals surface area contributed by atoms with Gasteiger partial charge in [0.05, 0.1) is 12.2 Å². The number of hydrogen-bond acceptors (Lipinski definition) is 4. The Morgan fingerprint density at radius 1 is 1.11 bits per heavy atom. The van der Waals surface area contributed by atoms with Crippen LogP contribution in [0.1, 0.15) is 57.4 Å². The number of fused-ring (bicyclic) bond motifs is 4. The molecule has 5 nitrogen and oxygen atoms in total. The molecule has 2 aliphatic carbocycles. The molecule has 188 valence electrons. The fraction of sp³-hybridized carbons (Fsp3) is 0.333. The van der Waals surface area contributed by atoms with Crippen LogP contribution < -0.4 is 4.74 Å². The summed E-state index contributed by atoms with van der Waals surface area (Å²) in [6.45, 7) is -0.0917. The van der Waals surface area contributed by atoms with Gasteiger partial charge in [0.2, 0.25) is 5.88 Å². The third kappa shape index (κ3) is 4.67. The summed E-state index contributed by atoms with van der Waals surface area (Å²) >= 11 is 0. The Bertz CT molecular complexity index is 1290. The Morgan fingerprint density at radius 2 is 1.89 bits per heavy atom. The molecule has 3 aliphatic rings. The molecule has 1 N–H and O–H groups in total. The van der Waals surface area contributed by atoms with E-state index in [1.165, 1.54) is 35.7 Å². The second-order valence-corrected chi connectivity index (χ2v) is 9.15. The maximum absolute atomic E-state index is 14.8. The number of carboxylic acid groups (broad SMARTS) is 1. The minimum Gasteiger partial charge on any atom is -0.483 e. The molecule has 36 heavy (non-hydrogen) atoms. The van der Waals surface area contributed by atoms with E-state index in [-0.39, 0.29) is 30.8 Å². The van der Waals surface area contributed by atoms with Gasteiger partial charge in [-0.3, -0.25) is 4.79 Å².